The van der Waals surface area contributed by atoms with Gasteiger partial charge in [-0.3, -0.25) is 14.5 Å². The molecule has 0 saturated carbocycles. The van der Waals surface area contributed by atoms with Crippen molar-refractivity contribution in [2.45, 2.75) is 32.2 Å². The van der Waals surface area contributed by atoms with Crippen molar-refractivity contribution in [2.75, 3.05) is 6.54 Å². The van der Waals surface area contributed by atoms with Crippen LogP contribution in [0.1, 0.15) is 36.4 Å². The zero-order chi connectivity index (χ0) is 13.1. The molecule has 2 amide bonds. The molecule has 1 unspecified atom stereocenters. The third-order valence-electron chi connectivity index (χ3n) is 3.35. The van der Waals surface area contributed by atoms with Crippen LogP contribution in [-0.2, 0) is 9.59 Å². The monoisotopic (exact) mass is 246 g/mol. The van der Waals surface area contributed by atoms with E-state index in [4.69, 9.17) is 5.73 Å². The normalized spacial score (nSPS) is 18.0. The predicted octanol–water partition coefficient (Wildman–Crippen LogP) is 1.53. The molecule has 1 heterocycles. The molecule has 1 aromatic carbocycles. The van der Waals surface area contributed by atoms with Crippen molar-refractivity contribution in [3.63, 3.8) is 0 Å². The van der Waals surface area contributed by atoms with Crippen LogP contribution in [0.25, 0.3) is 0 Å². The SMILES string of the molecule is Cc1ccccc1C(N)CN1C(=O)CCCC1=O. The first-order chi connectivity index (χ1) is 8.59. The number of carbonyl (C=O) groups is 2. The quantitative estimate of drug-likeness (QED) is 0.823. The first-order valence-electron chi connectivity index (χ1n) is 6.24. The maximum absolute atomic E-state index is 11.7. The highest BCUT2D eigenvalue weighted by molar-refractivity contribution is 5.97. The zero-order valence-corrected chi connectivity index (χ0v) is 10.6. The van der Waals surface area contributed by atoms with Gasteiger partial charge in [-0.2, -0.15) is 0 Å². The van der Waals surface area contributed by atoms with Crippen LogP contribution in [0.15, 0.2) is 24.3 Å². The van der Waals surface area contributed by atoms with Gasteiger partial charge >= 0.3 is 0 Å². The van der Waals surface area contributed by atoms with E-state index in [-0.39, 0.29) is 24.4 Å². The van der Waals surface area contributed by atoms with Crippen molar-refractivity contribution in [1.82, 2.24) is 4.90 Å². The lowest BCUT2D eigenvalue weighted by Crippen LogP contribution is -2.44. The second-order valence-corrected chi connectivity index (χ2v) is 4.71. The van der Waals surface area contributed by atoms with Crippen LogP contribution in [-0.4, -0.2) is 23.3 Å². The summed E-state index contributed by atoms with van der Waals surface area (Å²) in [6.45, 7) is 2.26. The van der Waals surface area contributed by atoms with Gasteiger partial charge in [0.1, 0.15) is 0 Å². The molecule has 0 spiro atoms. The number of carbonyl (C=O) groups excluding carboxylic acids is 2. The molecule has 4 heteroatoms. The number of nitrogens with zero attached hydrogens (tertiary/aromatic N) is 1. The van der Waals surface area contributed by atoms with Crippen molar-refractivity contribution in [1.29, 1.82) is 0 Å². The average molecular weight is 246 g/mol. The lowest BCUT2D eigenvalue weighted by atomic mass is 10.0. The molecular weight excluding hydrogens is 228 g/mol. The third kappa shape index (κ3) is 2.59. The summed E-state index contributed by atoms with van der Waals surface area (Å²) < 4.78 is 0. The summed E-state index contributed by atoms with van der Waals surface area (Å²) in [6.07, 6.45) is 1.56. The fourth-order valence-corrected chi connectivity index (χ4v) is 2.30. The maximum atomic E-state index is 11.7. The van der Waals surface area contributed by atoms with Crippen LogP contribution in [0.2, 0.25) is 0 Å². The van der Waals surface area contributed by atoms with Gasteiger partial charge in [0.05, 0.1) is 0 Å². The van der Waals surface area contributed by atoms with E-state index in [0.29, 0.717) is 19.3 Å². The molecule has 0 aliphatic carbocycles. The number of rotatable bonds is 3. The fourth-order valence-electron chi connectivity index (χ4n) is 2.30. The number of nitrogens with two attached hydrogens (primary N) is 1. The van der Waals surface area contributed by atoms with E-state index in [0.717, 1.165) is 11.1 Å². The number of benzene rings is 1. The van der Waals surface area contributed by atoms with Crippen molar-refractivity contribution >= 4 is 11.8 Å². The lowest BCUT2D eigenvalue weighted by molar-refractivity contribution is -0.148. The Bertz CT molecular complexity index is 455. The molecule has 1 aliphatic heterocycles. The third-order valence-corrected chi connectivity index (χ3v) is 3.35. The first-order valence-corrected chi connectivity index (χ1v) is 6.24. The summed E-state index contributed by atoms with van der Waals surface area (Å²) >= 11 is 0. The summed E-state index contributed by atoms with van der Waals surface area (Å²) in [5.41, 5.74) is 8.18. The van der Waals surface area contributed by atoms with Crippen LogP contribution in [0, 0.1) is 6.92 Å². The maximum Gasteiger partial charge on any atom is 0.229 e. The van der Waals surface area contributed by atoms with E-state index in [1.165, 1.54) is 4.90 Å². The lowest BCUT2D eigenvalue weighted by Gasteiger charge is -2.28. The number of hydrogen-bond donors (Lipinski definition) is 1. The Morgan fingerprint density at radius 3 is 2.44 bits per heavy atom. The van der Waals surface area contributed by atoms with E-state index < -0.39 is 0 Å². The Balaban J connectivity index is 2.11. The van der Waals surface area contributed by atoms with Gasteiger partial charge in [0.15, 0.2) is 0 Å². The van der Waals surface area contributed by atoms with Crippen LogP contribution in [0.5, 0.6) is 0 Å². The minimum atomic E-state index is -0.308. The summed E-state index contributed by atoms with van der Waals surface area (Å²) in [6, 6.07) is 7.48. The van der Waals surface area contributed by atoms with E-state index in [1.807, 2.05) is 31.2 Å². The number of hydrogen-bond acceptors (Lipinski definition) is 3. The molecule has 2 rings (SSSR count). The largest absolute Gasteiger partial charge is 0.322 e. The van der Waals surface area contributed by atoms with Crippen molar-refractivity contribution in [2.24, 2.45) is 5.73 Å². The molecule has 0 aromatic heterocycles. The molecule has 1 fully saturated rings. The highest BCUT2D eigenvalue weighted by Gasteiger charge is 2.27. The van der Waals surface area contributed by atoms with E-state index >= 15 is 0 Å². The first kappa shape index (κ1) is 12.8. The minimum absolute atomic E-state index is 0.102. The second kappa shape index (κ2) is 5.31. The highest BCUT2D eigenvalue weighted by atomic mass is 16.2. The number of aryl methyl sites for hydroxylation is 1. The molecule has 0 bridgehead atoms. The van der Waals surface area contributed by atoms with E-state index in [9.17, 15) is 9.59 Å². The topological polar surface area (TPSA) is 63.4 Å². The van der Waals surface area contributed by atoms with Gasteiger partial charge in [-0.05, 0) is 24.5 Å². The molecule has 1 aliphatic rings. The Morgan fingerprint density at radius 2 is 1.83 bits per heavy atom. The highest BCUT2D eigenvalue weighted by Crippen LogP contribution is 2.19. The van der Waals surface area contributed by atoms with Crippen molar-refractivity contribution < 1.29 is 9.59 Å². The molecule has 0 radical (unpaired) electrons. The Kier molecular flexibility index (Phi) is 3.77. The van der Waals surface area contributed by atoms with Crippen molar-refractivity contribution in [3.8, 4) is 0 Å². The Morgan fingerprint density at radius 1 is 1.22 bits per heavy atom. The molecule has 1 atom stereocenters. The summed E-state index contributed by atoms with van der Waals surface area (Å²) in [5, 5.41) is 0. The Labute approximate surface area is 107 Å². The number of amides is 2. The van der Waals surface area contributed by atoms with E-state index in [1.54, 1.807) is 0 Å². The minimum Gasteiger partial charge on any atom is -0.322 e. The van der Waals surface area contributed by atoms with Gasteiger partial charge in [-0.1, -0.05) is 24.3 Å². The van der Waals surface area contributed by atoms with Crippen molar-refractivity contribution in [3.05, 3.63) is 35.4 Å². The number of imide groups is 1. The fraction of sp³-hybridized carbons (Fsp3) is 0.429. The van der Waals surface area contributed by atoms with Gasteiger partial charge in [0, 0.05) is 25.4 Å². The van der Waals surface area contributed by atoms with Gasteiger partial charge in [-0.25, -0.2) is 0 Å². The molecule has 1 saturated heterocycles. The predicted molar refractivity (Wildman–Crippen MR) is 68.7 cm³/mol. The molecule has 18 heavy (non-hydrogen) atoms. The van der Waals surface area contributed by atoms with Crippen LogP contribution in [0.4, 0.5) is 0 Å². The molecular formula is C14H18N2O2. The molecule has 96 valence electrons. The second-order valence-electron chi connectivity index (χ2n) is 4.71. The van der Waals surface area contributed by atoms with Gasteiger partial charge in [0.25, 0.3) is 0 Å². The average Bonchev–Trinajstić information content (AvgIpc) is 2.34. The summed E-state index contributed by atoms with van der Waals surface area (Å²) in [7, 11) is 0. The summed E-state index contributed by atoms with van der Waals surface area (Å²) in [5.74, 6) is -0.203. The van der Waals surface area contributed by atoms with E-state index in [2.05, 4.69) is 0 Å². The molecule has 1 aromatic rings. The zero-order valence-electron chi connectivity index (χ0n) is 10.6. The Hall–Kier alpha value is -1.68. The summed E-state index contributed by atoms with van der Waals surface area (Å²) in [4.78, 5) is 24.7. The smallest absolute Gasteiger partial charge is 0.229 e. The van der Waals surface area contributed by atoms with Gasteiger partial charge in [-0.15, -0.1) is 0 Å². The number of piperidine rings is 1. The van der Waals surface area contributed by atoms with Gasteiger partial charge < -0.3 is 5.73 Å². The van der Waals surface area contributed by atoms with Crippen LogP contribution < -0.4 is 5.73 Å². The molecule has 4 nitrogen and oxygen atoms in total. The molecule has 2 N–H and O–H groups in total. The number of likely N-dealkylation sites (tertiary alicyclic amines) is 1. The van der Waals surface area contributed by atoms with Crippen LogP contribution >= 0.6 is 0 Å². The standard InChI is InChI=1S/C14H18N2O2/c1-10-5-2-3-6-11(10)12(15)9-16-13(17)7-4-8-14(16)18/h2-3,5-6,12H,4,7-9,15H2,1H3. The van der Waals surface area contributed by atoms with Crippen LogP contribution in [0.3, 0.4) is 0 Å². The van der Waals surface area contributed by atoms with Gasteiger partial charge in [0.2, 0.25) is 11.8 Å².